The molecule has 0 spiro atoms. The van der Waals surface area contributed by atoms with Gasteiger partial charge in [0.1, 0.15) is 11.6 Å². The average molecular weight is 514 g/mol. The maximum Gasteiger partial charge on any atom is 0.320 e. The van der Waals surface area contributed by atoms with E-state index in [4.69, 9.17) is 9.72 Å². The van der Waals surface area contributed by atoms with Gasteiger partial charge in [0.2, 0.25) is 0 Å². The number of ether oxygens (including phenoxy) is 1. The fourth-order valence-corrected chi connectivity index (χ4v) is 5.97. The van der Waals surface area contributed by atoms with Gasteiger partial charge in [-0.05, 0) is 81.2 Å². The number of fused-ring (bicyclic) bond motifs is 4. The lowest BCUT2D eigenvalue weighted by Gasteiger charge is -2.34. The summed E-state index contributed by atoms with van der Waals surface area (Å²) in [6.07, 6.45) is 7.00. The largest absolute Gasteiger partial charge is 0.508 e. The Hall–Kier alpha value is -3.56. The molecule has 38 heavy (non-hydrogen) atoms. The molecular formula is C29H35N7O2. The third-order valence-corrected chi connectivity index (χ3v) is 7.85. The lowest BCUT2D eigenvalue weighted by Crippen LogP contribution is -2.51. The summed E-state index contributed by atoms with van der Waals surface area (Å²) in [4.78, 5) is 23.3. The van der Waals surface area contributed by atoms with E-state index in [-0.39, 0.29) is 5.75 Å². The highest BCUT2D eigenvalue weighted by Crippen LogP contribution is 2.35. The van der Waals surface area contributed by atoms with Gasteiger partial charge >= 0.3 is 6.01 Å². The van der Waals surface area contributed by atoms with E-state index in [0.717, 1.165) is 46.2 Å². The number of piperazine rings is 1. The summed E-state index contributed by atoms with van der Waals surface area (Å²) in [6.45, 7) is 6.47. The van der Waals surface area contributed by atoms with Crippen molar-refractivity contribution in [3.05, 3.63) is 42.1 Å². The lowest BCUT2D eigenvalue weighted by molar-refractivity contribution is 0.380. The molecule has 3 aliphatic rings. The Morgan fingerprint density at radius 2 is 1.79 bits per heavy atom. The second kappa shape index (κ2) is 10.3. The SMILES string of the molecule is CN1CCCC1.COc1nc(N2CC3CCC(C2)N3)c2cnc(-c3cc(O)cc4cccc(C)c34)nc2n1. The fourth-order valence-electron chi connectivity index (χ4n) is 5.97. The highest BCUT2D eigenvalue weighted by Gasteiger charge is 2.34. The molecule has 0 saturated carbocycles. The molecule has 5 heterocycles. The molecule has 0 aliphatic carbocycles. The first kappa shape index (κ1) is 24.8. The molecule has 2 aromatic heterocycles. The van der Waals surface area contributed by atoms with Crippen LogP contribution in [0.25, 0.3) is 33.2 Å². The fraction of sp³-hybridized carbons (Fsp3) is 0.448. The minimum Gasteiger partial charge on any atom is -0.508 e. The van der Waals surface area contributed by atoms with Crippen molar-refractivity contribution in [1.82, 2.24) is 30.2 Å². The van der Waals surface area contributed by atoms with Crippen molar-refractivity contribution in [1.29, 1.82) is 0 Å². The lowest BCUT2D eigenvalue weighted by atomic mass is 9.99. The van der Waals surface area contributed by atoms with E-state index >= 15 is 0 Å². The van der Waals surface area contributed by atoms with Gasteiger partial charge < -0.3 is 25.0 Å². The van der Waals surface area contributed by atoms with Crippen LogP contribution in [0.5, 0.6) is 11.8 Å². The number of likely N-dealkylation sites (tertiary alicyclic amines) is 1. The summed E-state index contributed by atoms with van der Waals surface area (Å²) < 4.78 is 5.41. The zero-order valence-electron chi connectivity index (χ0n) is 22.3. The Balaban J connectivity index is 0.000000390. The van der Waals surface area contributed by atoms with Gasteiger partial charge in [0.15, 0.2) is 11.5 Å². The highest BCUT2D eigenvalue weighted by molar-refractivity contribution is 5.99. The van der Waals surface area contributed by atoms with Gasteiger partial charge in [-0.3, -0.25) is 0 Å². The molecule has 2 atom stereocenters. The Bertz CT molecular complexity index is 1460. The summed E-state index contributed by atoms with van der Waals surface area (Å²) in [5.41, 5.74) is 2.41. The third kappa shape index (κ3) is 4.83. The van der Waals surface area contributed by atoms with Crippen molar-refractivity contribution in [2.45, 2.75) is 44.7 Å². The van der Waals surface area contributed by atoms with Crippen LogP contribution in [0.15, 0.2) is 36.5 Å². The van der Waals surface area contributed by atoms with E-state index in [0.29, 0.717) is 29.6 Å². The van der Waals surface area contributed by atoms with Crippen LogP contribution >= 0.6 is 0 Å². The highest BCUT2D eigenvalue weighted by atomic mass is 16.5. The van der Waals surface area contributed by atoms with Crippen molar-refractivity contribution >= 4 is 27.6 Å². The van der Waals surface area contributed by atoms with Gasteiger partial charge in [-0.1, -0.05) is 18.2 Å². The Morgan fingerprint density at radius 1 is 1.03 bits per heavy atom. The number of phenols is 1. The molecular weight excluding hydrogens is 478 g/mol. The van der Waals surface area contributed by atoms with Crippen LogP contribution < -0.4 is 15.0 Å². The number of aryl methyl sites for hydroxylation is 1. The number of benzene rings is 2. The maximum absolute atomic E-state index is 10.3. The first-order valence-electron chi connectivity index (χ1n) is 13.5. The minimum atomic E-state index is 0.180. The molecule has 9 heteroatoms. The molecule has 9 nitrogen and oxygen atoms in total. The molecule has 2 bridgehead atoms. The summed E-state index contributed by atoms with van der Waals surface area (Å²) >= 11 is 0. The first-order valence-corrected chi connectivity index (χ1v) is 13.5. The van der Waals surface area contributed by atoms with Gasteiger partial charge in [0.25, 0.3) is 0 Å². The van der Waals surface area contributed by atoms with Crippen molar-refractivity contribution in [3.63, 3.8) is 0 Å². The molecule has 7 rings (SSSR count). The summed E-state index contributed by atoms with van der Waals surface area (Å²) in [7, 11) is 3.74. The normalized spacial score (nSPS) is 21.1. The molecule has 4 aromatic rings. The molecule has 198 valence electrons. The second-order valence-corrected chi connectivity index (χ2v) is 10.7. The standard InChI is InChI=1S/C24H24N6O2.C5H11N/c1-13-4-3-5-14-8-17(31)9-18(20(13)14)21-25-10-19-22(27-21)28-24(32-2)29-23(19)30-11-15-6-7-16(12-30)26-15;1-6-4-2-3-5-6/h3-5,8-10,15-16,26,31H,6-7,11-12H2,1-2H3;2-5H2,1H3. The number of methoxy groups -OCH3 is 1. The number of phenolic OH excluding ortho intramolecular Hbond substituents is 1. The predicted molar refractivity (Wildman–Crippen MR) is 150 cm³/mol. The van der Waals surface area contributed by atoms with Gasteiger partial charge in [-0.25, -0.2) is 9.97 Å². The summed E-state index contributed by atoms with van der Waals surface area (Å²) in [5, 5.41) is 16.7. The zero-order chi connectivity index (χ0) is 26.2. The monoisotopic (exact) mass is 513 g/mol. The minimum absolute atomic E-state index is 0.180. The summed E-state index contributed by atoms with van der Waals surface area (Å²) in [6, 6.07) is 10.7. The summed E-state index contributed by atoms with van der Waals surface area (Å²) in [5.74, 6) is 1.51. The van der Waals surface area contributed by atoms with Crippen LogP contribution in [0.3, 0.4) is 0 Å². The smallest absolute Gasteiger partial charge is 0.320 e. The maximum atomic E-state index is 10.3. The quantitative estimate of drug-likeness (QED) is 0.422. The van der Waals surface area contributed by atoms with Crippen molar-refractivity contribution in [3.8, 4) is 23.1 Å². The van der Waals surface area contributed by atoms with Crippen molar-refractivity contribution in [2.24, 2.45) is 0 Å². The van der Waals surface area contributed by atoms with Crippen LogP contribution in [0.1, 0.15) is 31.2 Å². The number of aromatic nitrogens is 4. The van der Waals surface area contributed by atoms with E-state index in [1.165, 1.54) is 38.8 Å². The Kier molecular flexibility index (Phi) is 6.71. The van der Waals surface area contributed by atoms with Gasteiger partial charge in [-0.15, -0.1) is 0 Å². The number of nitrogens with zero attached hydrogens (tertiary/aromatic N) is 6. The van der Waals surface area contributed by atoms with E-state index < -0.39 is 0 Å². The van der Waals surface area contributed by atoms with Crippen molar-refractivity contribution < 1.29 is 9.84 Å². The molecule has 0 amide bonds. The molecule has 2 N–H and O–H groups in total. The van der Waals surface area contributed by atoms with E-state index in [9.17, 15) is 5.11 Å². The van der Waals surface area contributed by atoms with Gasteiger partial charge in [0.05, 0.1) is 12.5 Å². The van der Waals surface area contributed by atoms with Gasteiger partial charge in [0, 0.05) is 36.9 Å². The number of aromatic hydroxyl groups is 1. The number of rotatable bonds is 3. The predicted octanol–water partition coefficient (Wildman–Crippen LogP) is 3.92. The number of nitrogens with one attached hydrogen (secondary N) is 1. The number of hydrogen-bond acceptors (Lipinski definition) is 9. The molecule has 3 aliphatic heterocycles. The van der Waals surface area contributed by atoms with E-state index in [2.05, 4.69) is 37.1 Å². The van der Waals surface area contributed by atoms with Crippen LogP contribution in [0.2, 0.25) is 0 Å². The Morgan fingerprint density at radius 3 is 2.47 bits per heavy atom. The second-order valence-electron chi connectivity index (χ2n) is 10.7. The molecule has 2 aromatic carbocycles. The molecule has 3 fully saturated rings. The molecule has 2 unspecified atom stereocenters. The van der Waals surface area contributed by atoms with Crippen molar-refractivity contribution in [2.75, 3.05) is 45.2 Å². The van der Waals surface area contributed by atoms with Crippen LogP contribution in [-0.4, -0.2) is 82.4 Å². The molecule has 0 radical (unpaired) electrons. The zero-order valence-corrected chi connectivity index (χ0v) is 22.3. The van der Waals surface area contributed by atoms with Crippen LogP contribution in [-0.2, 0) is 0 Å². The average Bonchev–Trinajstić information content (AvgIpc) is 3.54. The Labute approximate surface area is 222 Å². The topological polar surface area (TPSA) is 99.5 Å². The van der Waals surface area contributed by atoms with E-state index in [1.807, 2.05) is 25.1 Å². The van der Waals surface area contributed by atoms with E-state index in [1.54, 1.807) is 25.4 Å². The van der Waals surface area contributed by atoms with Gasteiger partial charge in [-0.2, -0.15) is 9.97 Å². The van der Waals surface area contributed by atoms with Crippen LogP contribution in [0.4, 0.5) is 5.82 Å². The first-order chi connectivity index (χ1) is 18.5. The number of hydrogen-bond donors (Lipinski definition) is 2. The van der Waals surface area contributed by atoms with Crippen LogP contribution in [0, 0.1) is 6.92 Å². The molecule has 3 saturated heterocycles. The third-order valence-electron chi connectivity index (χ3n) is 7.85. The number of anilines is 1.